The average Bonchev–Trinajstić information content (AvgIpc) is 3.79. The summed E-state index contributed by atoms with van der Waals surface area (Å²) in [5.41, 5.74) is 8.29. The number of carbonyl (C=O) groups is 9. The number of nitrogens with two attached hydrogens (primary N) is 1. The summed E-state index contributed by atoms with van der Waals surface area (Å²) in [7, 11) is 3.30. The van der Waals surface area contributed by atoms with Crippen LogP contribution in [0.25, 0.3) is 10.9 Å². The number of amides is 7. The van der Waals surface area contributed by atoms with Crippen molar-refractivity contribution in [2.24, 2.45) is 11.7 Å². The number of hydrogen-bond donors (Lipinski definition) is 13. The van der Waals surface area contributed by atoms with Gasteiger partial charge in [-0.05, 0) is 73.7 Å². The number of benzene rings is 3. The van der Waals surface area contributed by atoms with Gasteiger partial charge in [-0.2, -0.15) is 0 Å². The zero-order chi connectivity index (χ0) is 54.6. The Morgan fingerprint density at radius 2 is 1.25 bits per heavy atom. The van der Waals surface area contributed by atoms with Crippen molar-refractivity contribution in [1.82, 2.24) is 47.5 Å². The number of para-hydroxylation sites is 1. The zero-order valence-corrected chi connectivity index (χ0v) is 43.4. The monoisotopic (exact) mass is 1070 g/mol. The van der Waals surface area contributed by atoms with Crippen LogP contribution in [0.5, 0.6) is 5.75 Å². The number of phenolic OH excluding ortho intramolecular Hbond substituents is 1. The molecule has 5 rings (SSSR count). The van der Waals surface area contributed by atoms with E-state index in [-0.39, 0.29) is 49.5 Å². The van der Waals surface area contributed by atoms with E-state index in [1.807, 2.05) is 18.2 Å². The van der Waals surface area contributed by atoms with E-state index in [9.17, 15) is 58.5 Å². The predicted molar refractivity (Wildman–Crippen MR) is 283 cm³/mol. The van der Waals surface area contributed by atoms with E-state index in [0.29, 0.717) is 29.5 Å². The molecule has 14 N–H and O–H groups in total. The van der Waals surface area contributed by atoms with Crippen molar-refractivity contribution in [3.05, 3.63) is 102 Å². The van der Waals surface area contributed by atoms with Crippen LogP contribution in [0.2, 0.25) is 0 Å². The van der Waals surface area contributed by atoms with Crippen molar-refractivity contribution in [3.8, 4) is 5.75 Å². The lowest BCUT2D eigenvalue weighted by atomic mass is 10.0. The Labute approximate surface area is 441 Å². The highest BCUT2D eigenvalue weighted by molar-refractivity contribution is 8.76. The molecule has 75 heavy (non-hydrogen) atoms. The molecule has 1 saturated heterocycles. The minimum absolute atomic E-state index is 0.0292. The van der Waals surface area contributed by atoms with Gasteiger partial charge >= 0.3 is 11.9 Å². The van der Waals surface area contributed by atoms with E-state index < -0.39 is 114 Å². The summed E-state index contributed by atoms with van der Waals surface area (Å²) in [4.78, 5) is 128. The lowest BCUT2D eigenvalue weighted by molar-refractivity contribution is -0.143. The molecule has 1 aliphatic heterocycles. The molecule has 3 aromatic carbocycles. The largest absolute Gasteiger partial charge is 0.508 e. The molecule has 0 bridgehead atoms. The highest BCUT2D eigenvalue weighted by Gasteiger charge is 2.36. The van der Waals surface area contributed by atoms with Crippen LogP contribution >= 0.6 is 21.6 Å². The fourth-order valence-corrected chi connectivity index (χ4v) is 10.5. The smallest absolute Gasteiger partial charge is 0.326 e. The molecule has 0 spiro atoms. The maximum atomic E-state index is 14.8. The maximum absolute atomic E-state index is 14.8. The number of likely N-dealkylation sites (N-methyl/N-ethyl adjacent to an activating group) is 1. The van der Waals surface area contributed by atoms with E-state index in [2.05, 4.69) is 47.5 Å². The average molecular weight is 1080 g/mol. The minimum Gasteiger partial charge on any atom is -0.508 e. The van der Waals surface area contributed by atoms with Crippen molar-refractivity contribution < 1.29 is 58.5 Å². The van der Waals surface area contributed by atoms with E-state index in [0.717, 1.165) is 32.5 Å². The van der Waals surface area contributed by atoms with E-state index in [4.69, 9.17) is 5.73 Å². The van der Waals surface area contributed by atoms with Gasteiger partial charge in [0.05, 0.1) is 12.5 Å². The van der Waals surface area contributed by atoms with Crippen LogP contribution in [0, 0.1) is 5.92 Å². The molecule has 0 saturated carbocycles. The number of aromatic nitrogens is 1. The molecule has 0 aliphatic carbocycles. The normalized spacial score (nSPS) is 21.3. The standard InChI is InChI=1S/C51H66N10O12S2/c1-28(2)43(51(72)73)61-50(71)41-27-75-74-26-40(59-45(66)36(53-3)24-42(63)64)49(70)57-37(21-29-11-5-4-6-12-29)46(67)58-39(23-31-25-54-34-14-8-7-13-33(31)34)48(69)55-35(15-9-10-20-52)44(65)56-38(47(68)60-41)22-30-16-18-32(62)19-17-30/h4-8,11-14,16-19,25,28,35-41,43,53-54,62H,9-10,15,20-24,26-27,52H2,1-3H3,(H,55,69)(H,56,65)(H,57,70)(H,58,67)(H,59,66)(H,60,68)(H,61,71)(H,63,64)(H,72,73)/t35-,36-,37-,38-,39-,40-,41-,43-/m0/s1. The third-order valence-electron chi connectivity index (χ3n) is 12.3. The van der Waals surface area contributed by atoms with E-state index in [1.54, 1.807) is 56.4 Å². The molecule has 404 valence electrons. The first-order chi connectivity index (χ1) is 35.9. The first-order valence-electron chi connectivity index (χ1n) is 24.4. The van der Waals surface area contributed by atoms with Gasteiger partial charge in [0.1, 0.15) is 48.0 Å². The highest BCUT2D eigenvalue weighted by Crippen LogP contribution is 2.25. The topological polar surface area (TPSA) is 352 Å². The summed E-state index contributed by atoms with van der Waals surface area (Å²) < 4.78 is 0. The number of carboxylic acids is 2. The summed E-state index contributed by atoms with van der Waals surface area (Å²) in [5, 5.41) is 51.8. The molecule has 22 nitrogen and oxygen atoms in total. The molecule has 8 atom stereocenters. The summed E-state index contributed by atoms with van der Waals surface area (Å²) >= 11 is 0. The predicted octanol–water partition coefficient (Wildman–Crippen LogP) is 0.622. The van der Waals surface area contributed by atoms with Gasteiger partial charge < -0.3 is 68.6 Å². The zero-order valence-electron chi connectivity index (χ0n) is 41.8. The van der Waals surface area contributed by atoms with Gasteiger partial charge in [0, 0.05) is 47.9 Å². The molecule has 0 unspecified atom stereocenters. The molecule has 24 heteroatoms. The van der Waals surface area contributed by atoms with Crippen LogP contribution in [0.4, 0.5) is 0 Å². The SMILES string of the molecule is CN[C@@H](CC(=O)O)C(=O)N[C@H]1CSSC[C@@H](C(=O)N[C@H](C(=O)O)C(C)C)NC(=O)[C@H](Cc2ccc(O)cc2)NC(=O)[C@H](CCCCN)NC(=O)[C@H](Cc2c[nH]c3ccccc23)NC(=O)[C@H](Cc2ccccc2)NC1=O. The molecule has 7 amide bonds. The molecule has 1 aliphatic rings. The quantitative estimate of drug-likeness (QED) is 0.0452. The fraction of sp³-hybridized carbons (Fsp3) is 0.431. The molecular weight excluding hydrogens is 1010 g/mol. The van der Waals surface area contributed by atoms with Crippen molar-refractivity contribution in [2.75, 3.05) is 25.1 Å². The summed E-state index contributed by atoms with van der Waals surface area (Å²) in [6.45, 7) is 3.41. The van der Waals surface area contributed by atoms with Gasteiger partial charge in [-0.1, -0.05) is 96.1 Å². The number of aromatic amines is 1. The van der Waals surface area contributed by atoms with Crippen molar-refractivity contribution >= 4 is 85.8 Å². The summed E-state index contributed by atoms with van der Waals surface area (Å²) in [5.74, 6) is -9.74. The first kappa shape index (κ1) is 58.7. The van der Waals surface area contributed by atoms with E-state index >= 15 is 0 Å². The number of fused-ring (bicyclic) bond motifs is 1. The number of rotatable bonds is 19. The number of nitrogens with one attached hydrogen (secondary N) is 9. The first-order valence-corrected chi connectivity index (χ1v) is 26.9. The van der Waals surface area contributed by atoms with Gasteiger partial charge in [-0.25, -0.2) is 4.79 Å². The Balaban J connectivity index is 1.62. The number of aliphatic carboxylic acids is 2. The van der Waals surface area contributed by atoms with Crippen LogP contribution in [0.15, 0.2) is 85.1 Å². The number of aromatic hydroxyl groups is 1. The maximum Gasteiger partial charge on any atom is 0.326 e. The van der Waals surface area contributed by atoms with Gasteiger partial charge in [-0.15, -0.1) is 0 Å². The number of carboxylic acid groups (broad SMARTS) is 2. The number of unbranched alkanes of at least 4 members (excludes halogenated alkanes) is 1. The molecule has 1 aromatic heterocycles. The number of H-pyrrole nitrogens is 1. The van der Waals surface area contributed by atoms with Crippen molar-refractivity contribution in [3.63, 3.8) is 0 Å². The lowest BCUT2D eigenvalue weighted by Crippen LogP contribution is -2.61. The van der Waals surface area contributed by atoms with Gasteiger partial charge in [0.2, 0.25) is 41.4 Å². The summed E-state index contributed by atoms with van der Waals surface area (Å²) in [6, 6.07) is 10.6. The minimum atomic E-state index is -1.48. The molecular formula is C51H66N10O12S2. The Bertz CT molecular complexity index is 2620. The van der Waals surface area contributed by atoms with Gasteiger partial charge in [0.15, 0.2) is 0 Å². The van der Waals surface area contributed by atoms with Crippen LogP contribution in [0.1, 0.15) is 56.2 Å². The van der Waals surface area contributed by atoms with Gasteiger partial charge in [0.25, 0.3) is 0 Å². The third kappa shape index (κ3) is 18.0. The third-order valence-corrected chi connectivity index (χ3v) is 14.8. The number of carbonyl (C=O) groups excluding carboxylic acids is 7. The second kappa shape index (κ2) is 29.1. The molecule has 1 fully saturated rings. The second-order valence-electron chi connectivity index (χ2n) is 18.4. The Morgan fingerprint density at radius 3 is 1.87 bits per heavy atom. The van der Waals surface area contributed by atoms with Crippen LogP contribution in [-0.4, -0.2) is 147 Å². The van der Waals surface area contributed by atoms with Crippen LogP contribution in [0.3, 0.4) is 0 Å². The molecule has 2 heterocycles. The van der Waals surface area contributed by atoms with Gasteiger partial charge in [-0.3, -0.25) is 38.4 Å². The Kier molecular flexibility index (Phi) is 22.8. The summed E-state index contributed by atoms with van der Waals surface area (Å²) in [6.07, 6.45) is 1.46. The number of phenols is 1. The van der Waals surface area contributed by atoms with E-state index in [1.165, 1.54) is 31.3 Å². The fourth-order valence-electron chi connectivity index (χ4n) is 8.13. The Hall–Kier alpha value is -7.15. The van der Waals surface area contributed by atoms with Crippen molar-refractivity contribution in [1.29, 1.82) is 0 Å². The second-order valence-corrected chi connectivity index (χ2v) is 20.9. The lowest BCUT2D eigenvalue weighted by Gasteiger charge is -2.29. The van der Waals surface area contributed by atoms with Crippen LogP contribution < -0.4 is 48.3 Å². The highest BCUT2D eigenvalue weighted by atomic mass is 33.1. The van der Waals surface area contributed by atoms with Crippen molar-refractivity contribution in [2.45, 2.75) is 107 Å². The van der Waals surface area contributed by atoms with Crippen LogP contribution in [-0.2, 0) is 62.4 Å². The molecule has 4 aromatic rings. The molecule has 0 radical (unpaired) electrons. The Morgan fingerprint density at radius 1 is 0.693 bits per heavy atom. The number of hydrogen-bond acceptors (Lipinski definition) is 14.